The minimum atomic E-state index is -4.50. The molecule has 1 unspecified atom stereocenters. The Hall–Kier alpha value is -2.42. The van der Waals surface area contributed by atoms with E-state index in [0.717, 1.165) is 24.3 Å². The average Bonchev–Trinajstić information content (AvgIpc) is 3.01. The number of anilines is 1. The Morgan fingerprint density at radius 1 is 1.18 bits per heavy atom. The van der Waals surface area contributed by atoms with Crippen molar-refractivity contribution in [2.24, 2.45) is 11.3 Å². The van der Waals surface area contributed by atoms with Gasteiger partial charge in [0.05, 0.1) is 12.2 Å². The summed E-state index contributed by atoms with van der Waals surface area (Å²) in [4.78, 5) is 39.7. The maximum Gasteiger partial charge on any atom is 0.416 e. The lowest BCUT2D eigenvalue weighted by Crippen LogP contribution is -2.50. The van der Waals surface area contributed by atoms with Crippen LogP contribution in [0.5, 0.6) is 0 Å². The number of benzene rings is 1. The number of ketones is 1. The van der Waals surface area contributed by atoms with Crippen LogP contribution in [0.1, 0.15) is 33.3 Å². The van der Waals surface area contributed by atoms with E-state index >= 15 is 0 Å². The van der Waals surface area contributed by atoms with Gasteiger partial charge in [0.1, 0.15) is 11.8 Å². The van der Waals surface area contributed by atoms with Crippen molar-refractivity contribution in [2.75, 3.05) is 11.9 Å². The summed E-state index contributed by atoms with van der Waals surface area (Å²) in [5.74, 6) is -3.65. The molecule has 2 heterocycles. The van der Waals surface area contributed by atoms with Crippen LogP contribution in [0.25, 0.3) is 0 Å². The number of carbonyl (C=O) groups excluding carboxylic acids is 3. The number of nitrogens with zero attached hydrogens (tertiary/aromatic N) is 1. The molecule has 3 rings (SSSR count). The van der Waals surface area contributed by atoms with Crippen LogP contribution in [0, 0.1) is 11.3 Å². The average molecular weight is 398 g/mol. The van der Waals surface area contributed by atoms with Crippen LogP contribution in [0.4, 0.5) is 18.9 Å². The number of hydrogen-bond donors (Lipinski definition) is 1. The van der Waals surface area contributed by atoms with Crippen molar-refractivity contribution in [3.05, 3.63) is 29.8 Å². The number of nitrogens with one attached hydrogen (secondary N) is 1. The van der Waals surface area contributed by atoms with E-state index in [2.05, 4.69) is 5.32 Å². The highest BCUT2D eigenvalue weighted by molar-refractivity contribution is 6.27. The minimum Gasteiger partial charge on any atom is -0.355 e. The summed E-state index contributed by atoms with van der Waals surface area (Å²) in [6.45, 7) is 7.12. The van der Waals surface area contributed by atoms with Gasteiger partial charge < -0.3 is 15.0 Å². The van der Waals surface area contributed by atoms with Crippen LogP contribution in [0.2, 0.25) is 0 Å². The Morgan fingerprint density at radius 2 is 1.75 bits per heavy atom. The van der Waals surface area contributed by atoms with Crippen molar-refractivity contribution in [3.8, 4) is 0 Å². The lowest BCUT2D eigenvalue weighted by Gasteiger charge is -2.35. The zero-order valence-electron chi connectivity index (χ0n) is 15.9. The SMILES string of the molecule is CC(C)(C)[C@H]1OC[C@]2(C)C(=O)C(C(=O)Nc3ccc(C(F)(F)F)cc3)C(=O)N12. The largest absolute Gasteiger partial charge is 0.416 e. The molecule has 2 amide bonds. The minimum absolute atomic E-state index is 0.0103. The molecule has 0 saturated carbocycles. The van der Waals surface area contributed by atoms with Gasteiger partial charge in [0.25, 0.3) is 0 Å². The number of alkyl halides is 3. The van der Waals surface area contributed by atoms with E-state index < -0.39 is 52.4 Å². The van der Waals surface area contributed by atoms with E-state index in [1.165, 1.54) is 4.90 Å². The normalized spacial score (nSPS) is 27.9. The van der Waals surface area contributed by atoms with Gasteiger partial charge in [0.2, 0.25) is 11.8 Å². The summed E-state index contributed by atoms with van der Waals surface area (Å²) in [5, 5.41) is 2.37. The smallest absolute Gasteiger partial charge is 0.355 e. The van der Waals surface area contributed by atoms with Crippen LogP contribution in [0.3, 0.4) is 0 Å². The van der Waals surface area contributed by atoms with Crippen molar-refractivity contribution in [3.63, 3.8) is 0 Å². The zero-order valence-corrected chi connectivity index (χ0v) is 15.9. The second-order valence-electron chi connectivity index (χ2n) is 8.37. The number of amides is 2. The predicted molar refractivity (Wildman–Crippen MR) is 93.0 cm³/mol. The maximum absolute atomic E-state index is 12.9. The van der Waals surface area contributed by atoms with Crippen molar-refractivity contribution in [1.82, 2.24) is 4.90 Å². The molecule has 6 nitrogen and oxygen atoms in total. The summed E-state index contributed by atoms with van der Waals surface area (Å²) in [6, 6.07) is 3.79. The molecule has 0 radical (unpaired) electrons. The number of carbonyl (C=O) groups is 3. The van der Waals surface area contributed by atoms with Gasteiger partial charge in [-0.15, -0.1) is 0 Å². The summed E-state index contributed by atoms with van der Waals surface area (Å²) in [5.41, 5.74) is -2.50. The van der Waals surface area contributed by atoms with E-state index in [1.54, 1.807) is 6.92 Å². The monoisotopic (exact) mass is 398 g/mol. The third kappa shape index (κ3) is 3.17. The number of fused-ring (bicyclic) bond motifs is 1. The molecule has 0 aromatic heterocycles. The molecule has 2 aliphatic rings. The fourth-order valence-electron chi connectivity index (χ4n) is 3.58. The van der Waals surface area contributed by atoms with Crippen molar-refractivity contribution < 1.29 is 32.3 Å². The molecule has 1 N–H and O–H groups in total. The molecule has 2 saturated heterocycles. The van der Waals surface area contributed by atoms with Crippen LogP contribution < -0.4 is 5.32 Å². The van der Waals surface area contributed by atoms with Gasteiger partial charge in [-0.3, -0.25) is 14.4 Å². The predicted octanol–water partition coefficient (Wildman–Crippen LogP) is 2.83. The molecule has 28 heavy (non-hydrogen) atoms. The van der Waals surface area contributed by atoms with Crippen molar-refractivity contribution >= 4 is 23.3 Å². The summed E-state index contributed by atoms with van der Waals surface area (Å²) in [6.07, 6.45) is -5.15. The molecular weight excluding hydrogens is 377 g/mol. The number of hydrogen-bond acceptors (Lipinski definition) is 4. The van der Waals surface area contributed by atoms with Gasteiger partial charge in [-0.2, -0.15) is 13.2 Å². The second kappa shape index (κ2) is 6.30. The fourth-order valence-corrected chi connectivity index (χ4v) is 3.58. The molecule has 9 heteroatoms. The standard InChI is InChI=1S/C19H21F3N2O4/c1-17(2,3)16-24-15(27)12(13(25)18(24,4)9-28-16)14(26)23-11-7-5-10(6-8-11)19(20,21)22/h5-8,12,16H,9H2,1-4H3,(H,23,26)/t12?,16-,18-/m1/s1. The van der Waals surface area contributed by atoms with Gasteiger partial charge in [0, 0.05) is 11.1 Å². The molecule has 0 aliphatic carbocycles. The maximum atomic E-state index is 12.9. The quantitative estimate of drug-likeness (QED) is 0.778. The van der Waals surface area contributed by atoms with Crippen LogP contribution in [-0.4, -0.2) is 40.9 Å². The molecule has 0 spiro atoms. The van der Waals surface area contributed by atoms with Crippen LogP contribution >= 0.6 is 0 Å². The first-order valence-corrected chi connectivity index (χ1v) is 8.74. The Balaban J connectivity index is 1.81. The first-order chi connectivity index (χ1) is 12.8. The highest BCUT2D eigenvalue weighted by Crippen LogP contribution is 2.44. The lowest BCUT2D eigenvalue weighted by molar-refractivity contribution is -0.146. The molecule has 1 aromatic rings. The number of Topliss-reactive ketones (excluding diaryl/α,β-unsaturated/α-hetero) is 1. The molecule has 3 atom stereocenters. The Kier molecular flexibility index (Phi) is 4.57. The fraction of sp³-hybridized carbons (Fsp3) is 0.526. The third-order valence-electron chi connectivity index (χ3n) is 5.05. The second-order valence-corrected chi connectivity index (χ2v) is 8.37. The Labute approximate surface area is 160 Å². The van der Waals surface area contributed by atoms with Gasteiger partial charge in [0.15, 0.2) is 11.7 Å². The lowest BCUT2D eigenvalue weighted by atomic mass is 9.91. The number of halogens is 3. The first kappa shape index (κ1) is 20.3. The van der Waals surface area contributed by atoms with Crippen LogP contribution in [0.15, 0.2) is 24.3 Å². The van der Waals surface area contributed by atoms with E-state index in [9.17, 15) is 27.6 Å². The summed E-state index contributed by atoms with van der Waals surface area (Å²) < 4.78 is 43.6. The van der Waals surface area contributed by atoms with Gasteiger partial charge >= 0.3 is 6.18 Å². The van der Waals surface area contributed by atoms with E-state index in [4.69, 9.17) is 4.74 Å². The van der Waals surface area contributed by atoms with E-state index in [1.807, 2.05) is 20.8 Å². The van der Waals surface area contributed by atoms with Gasteiger partial charge in [-0.1, -0.05) is 20.8 Å². The Morgan fingerprint density at radius 3 is 2.25 bits per heavy atom. The molecule has 2 aliphatic heterocycles. The third-order valence-corrected chi connectivity index (χ3v) is 5.05. The molecule has 0 bridgehead atoms. The first-order valence-electron chi connectivity index (χ1n) is 8.74. The highest BCUT2D eigenvalue weighted by atomic mass is 19.4. The van der Waals surface area contributed by atoms with Crippen molar-refractivity contribution in [1.29, 1.82) is 0 Å². The van der Waals surface area contributed by atoms with Gasteiger partial charge in [-0.05, 0) is 31.2 Å². The number of rotatable bonds is 2. The van der Waals surface area contributed by atoms with E-state index in [-0.39, 0.29) is 12.3 Å². The number of ether oxygens (including phenoxy) is 1. The van der Waals surface area contributed by atoms with Crippen molar-refractivity contribution in [2.45, 2.75) is 45.6 Å². The highest BCUT2D eigenvalue weighted by Gasteiger charge is 2.65. The molecule has 2 fully saturated rings. The topological polar surface area (TPSA) is 75.7 Å². The summed E-state index contributed by atoms with van der Waals surface area (Å²) >= 11 is 0. The van der Waals surface area contributed by atoms with Crippen LogP contribution in [-0.2, 0) is 25.3 Å². The van der Waals surface area contributed by atoms with E-state index in [0.29, 0.717) is 0 Å². The zero-order chi connectivity index (χ0) is 21.1. The Bertz CT molecular complexity index is 829. The molecular formula is C19H21F3N2O4. The molecule has 152 valence electrons. The summed E-state index contributed by atoms with van der Waals surface area (Å²) in [7, 11) is 0. The van der Waals surface area contributed by atoms with Gasteiger partial charge in [-0.25, -0.2) is 0 Å². The molecule has 1 aromatic carbocycles.